The molecule has 1 fully saturated rings. The third-order valence-corrected chi connectivity index (χ3v) is 4.07. The van der Waals surface area contributed by atoms with E-state index in [1.807, 2.05) is 25.1 Å². The average molecular weight is 378 g/mol. The molecule has 4 nitrogen and oxygen atoms in total. The molecule has 1 amide bonds. The zero-order valence-electron chi connectivity index (χ0n) is 12.3. The fourth-order valence-corrected chi connectivity index (χ4v) is 2.83. The molecule has 1 aromatic carbocycles. The van der Waals surface area contributed by atoms with Gasteiger partial charge in [-0.1, -0.05) is 6.07 Å². The van der Waals surface area contributed by atoms with Gasteiger partial charge in [0.1, 0.15) is 5.75 Å². The number of hydrogen-bond donors (Lipinski definition) is 2. The van der Waals surface area contributed by atoms with Crippen LogP contribution in [0.4, 0.5) is 0 Å². The van der Waals surface area contributed by atoms with Crippen molar-refractivity contribution in [2.75, 3.05) is 13.1 Å². The van der Waals surface area contributed by atoms with Crippen LogP contribution in [0.25, 0.3) is 0 Å². The Labute approximate surface area is 140 Å². The number of rotatable bonds is 5. The Morgan fingerprint density at radius 2 is 2.33 bits per heavy atom. The number of halogens is 2. The molecule has 1 heterocycles. The van der Waals surface area contributed by atoms with Gasteiger partial charge in [-0.2, -0.15) is 0 Å². The van der Waals surface area contributed by atoms with Crippen LogP contribution in [-0.2, 0) is 4.79 Å². The van der Waals surface area contributed by atoms with Crippen molar-refractivity contribution in [1.82, 2.24) is 10.6 Å². The maximum Gasteiger partial charge on any atom is 0.260 e. The first-order valence-electron chi connectivity index (χ1n) is 7.00. The van der Waals surface area contributed by atoms with Crippen LogP contribution < -0.4 is 15.4 Å². The van der Waals surface area contributed by atoms with Gasteiger partial charge in [-0.15, -0.1) is 12.4 Å². The molecule has 2 atom stereocenters. The minimum atomic E-state index is -0.504. The van der Waals surface area contributed by atoms with Crippen LogP contribution in [0.3, 0.4) is 0 Å². The number of ether oxygens (including phenoxy) is 1. The van der Waals surface area contributed by atoms with Crippen molar-refractivity contribution in [3.8, 4) is 5.75 Å². The first-order valence-corrected chi connectivity index (χ1v) is 7.79. The highest BCUT2D eigenvalue weighted by Crippen LogP contribution is 2.26. The van der Waals surface area contributed by atoms with Crippen molar-refractivity contribution >= 4 is 34.2 Å². The summed E-state index contributed by atoms with van der Waals surface area (Å²) in [6, 6.07) is 6.22. The molecule has 0 spiro atoms. The standard InChI is InChI=1S/C15H21BrN2O2.ClH/c1-10-5-6-14(13(16)8-10)20-11(2)15(19)18-9-12-4-3-7-17-12;/h5-6,8,11-12,17H,3-4,7,9H2,1-2H3,(H,18,19);1H. The van der Waals surface area contributed by atoms with Gasteiger partial charge in [0, 0.05) is 12.6 Å². The molecule has 0 aliphatic carbocycles. The number of carbonyl (C=O) groups excluding carboxylic acids is 1. The molecule has 118 valence electrons. The number of benzene rings is 1. The topological polar surface area (TPSA) is 50.4 Å². The Morgan fingerprint density at radius 1 is 1.57 bits per heavy atom. The van der Waals surface area contributed by atoms with Crippen molar-refractivity contribution in [3.05, 3.63) is 28.2 Å². The highest BCUT2D eigenvalue weighted by atomic mass is 79.9. The number of nitrogens with one attached hydrogen (secondary N) is 2. The third-order valence-electron chi connectivity index (χ3n) is 3.45. The zero-order valence-corrected chi connectivity index (χ0v) is 14.7. The lowest BCUT2D eigenvalue weighted by Gasteiger charge is -2.17. The number of hydrogen-bond acceptors (Lipinski definition) is 3. The van der Waals surface area contributed by atoms with E-state index >= 15 is 0 Å². The summed E-state index contributed by atoms with van der Waals surface area (Å²) in [6.45, 7) is 5.49. The van der Waals surface area contributed by atoms with Gasteiger partial charge in [0.15, 0.2) is 6.10 Å². The van der Waals surface area contributed by atoms with Crippen molar-refractivity contribution in [2.24, 2.45) is 0 Å². The summed E-state index contributed by atoms with van der Waals surface area (Å²) in [5.74, 6) is 0.614. The maximum atomic E-state index is 12.0. The summed E-state index contributed by atoms with van der Waals surface area (Å²) in [5.41, 5.74) is 1.15. The van der Waals surface area contributed by atoms with Crippen LogP contribution in [0.5, 0.6) is 5.75 Å². The second kappa shape index (κ2) is 8.61. The van der Waals surface area contributed by atoms with Crippen LogP contribution in [0.15, 0.2) is 22.7 Å². The minimum Gasteiger partial charge on any atom is -0.480 e. The number of carbonyl (C=O) groups is 1. The quantitative estimate of drug-likeness (QED) is 0.829. The highest BCUT2D eigenvalue weighted by Gasteiger charge is 2.19. The van der Waals surface area contributed by atoms with Crippen LogP contribution in [0, 0.1) is 6.92 Å². The molecule has 21 heavy (non-hydrogen) atoms. The van der Waals surface area contributed by atoms with Crippen LogP contribution in [0.2, 0.25) is 0 Å². The number of aryl methyl sites for hydroxylation is 1. The predicted octanol–water partition coefficient (Wildman–Crippen LogP) is 2.81. The smallest absolute Gasteiger partial charge is 0.260 e. The van der Waals surface area contributed by atoms with Crippen molar-refractivity contribution in [3.63, 3.8) is 0 Å². The minimum absolute atomic E-state index is 0. The van der Waals surface area contributed by atoms with Gasteiger partial charge in [-0.3, -0.25) is 4.79 Å². The van der Waals surface area contributed by atoms with E-state index in [0.29, 0.717) is 18.3 Å². The van der Waals surface area contributed by atoms with Crippen molar-refractivity contribution < 1.29 is 9.53 Å². The van der Waals surface area contributed by atoms with Gasteiger partial charge in [-0.25, -0.2) is 0 Å². The highest BCUT2D eigenvalue weighted by molar-refractivity contribution is 9.10. The Morgan fingerprint density at radius 3 is 2.95 bits per heavy atom. The zero-order chi connectivity index (χ0) is 14.5. The molecule has 2 rings (SSSR count). The molecule has 0 radical (unpaired) electrons. The van der Waals surface area contributed by atoms with Crippen molar-refractivity contribution in [2.45, 2.75) is 38.8 Å². The summed E-state index contributed by atoms with van der Waals surface area (Å²) in [6.07, 6.45) is 1.80. The van der Waals surface area contributed by atoms with E-state index in [0.717, 1.165) is 23.0 Å². The molecule has 0 bridgehead atoms. The van der Waals surface area contributed by atoms with E-state index in [1.165, 1.54) is 6.42 Å². The average Bonchev–Trinajstić information content (AvgIpc) is 2.92. The van der Waals surface area contributed by atoms with Gasteiger partial charge >= 0.3 is 0 Å². The summed E-state index contributed by atoms with van der Waals surface area (Å²) in [5, 5.41) is 6.29. The molecule has 1 aromatic rings. The molecule has 1 aliphatic heterocycles. The normalized spacial score (nSPS) is 18.7. The summed E-state index contributed by atoms with van der Waals surface area (Å²) < 4.78 is 6.57. The second-order valence-electron chi connectivity index (χ2n) is 5.23. The van der Waals surface area contributed by atoms with E-state index in [-0.39, 0.29) is 18.3 Å². The Kier molecular flexibility index (Phi) is 7.49. The van der Waals surface area contributed by atoms with Crippen LogP contribution in [-0.4, -0.2) is 31.1 Å². The van der Waals surface area contributed by atoms with E-state index in [2.05, 4.69) is 26.6 Å². The summed E-state index contributed by atoms with van der Waals surface area (Å²) in [4.78, 5) is 12.0. The SMILES string of the molecule is Cc1ccc(OC(C)C(=O)NCC2CCCN2)c(Br)c1.Cl. The molecule has 1 saturated heterocycles. The van der Waals surface area contributed by atoms with Gasteiger partial charge in [0.05, 0.1) is 4.47 Å². The largest absolute Gasteiger partial charge is 0.480 e. The molecular formula is C15H22BrClN2O2. The maximum absolute atomic E-state index is 12.0. The lowest BCUT2D eigenvalue weighted by molar-refractivity contribution is -0.127. The van der Waals surface area contributed by atoms with Gasteiger partial charge in [0.2, 0.25) is 0 Å². The molecular weight excluding hydrogens is 356 g/mol. The molecule has 0 saturated carbocycles. The fraction of sp³-hybridized carbons (Fsp3) is 0.533. The predicted molar refractivity (Wildman–Crippen MR) is 90.3 cm³/mol. The van der Waals surface area contributed by atoms with E-state index < -0.39 is 6.10 Å². The van der Waals surface area contributed by atoms with E-state index in [4.69, 9.17) is 4.74 Å². The number of amides is 1. The fourth-order valence-electron chi connectivity index (χ4n) is 2.24. The summed E-state index contributed by atoms with van der Waals surface area (Å²) in [7, 11) is 0. The van der Waals surface area contributed by atoms with Gasteiger partial charge in [0.25, 0.3) is 5.91 Å². The molecule has 0 aromatic heterocycles. The lowest BCUT2D eigenvalue weighted by atomic mass is 10.2. The van der Waals surface area contributed by atoms with Gasteiger partial charge in [-0.05, 0) is 66.9 Å². The van der Waals surface area contributed by atoms with E-state index in [9.17, 15) is 4.79 Å². The van der Waals surface area contributed by atoms with Crippen molar-refractivity contribution in [1.29, 1.82) is 0 Å². The third kappa shape index (κ3) is 5.49. The van der Waals surface area contributed by atoms with E-state index in [1.54, 1.807) is 6.92 Å². The van der Waals surface area contributed by atoms with Crippen LogP contribution >= 0.6 is 28.3 Å². The monoisotopic (exact) mass is 376 g/mol. The molecule has 6 heteroatoms. The lowest BCUT2D eigenvalue weighted by Crippen LogP contribution is -2.42. The Hall–Kier alpha value is -0.780. The summed E-state index contributed by atoms with van der Waals surface area (Å²) >= 11 is 3.45. The molecule has 2 N–H and O–H groups in total. The Balaban J connectivity index is 0.00000220. The molecule has 1 aliphatic rings. The molecule has 2 unspecified atom stereocenters. The first kappa shape index (κ1) is 18.3. The van der Waals surface area contributed by atoms with Gasteiger partial charge < -0.3 is 15.4 Å². The Bertz CT molecular complexity index is 479. The second-order valence-corrected chi connectivity index (χ2v) is 6.09. The first-order chi connectivity index (χ1) is 9.56. The van der Waals surface area contributed by atoms with Crippen LogP contribution in [0.1, 0.15) is 25.3 Å².